The number of rotatable bonds is 4. The van der Waals surface area contributed by atoms with Gasteiger partial charge in [-0.2, -0.15) is 0 Å². The highest BCUT2D eigenvalue weighted by molar-refractivity contribution is 5.75. The van der Waals surface area contributed by atoms with Crippen molar-refractivity contribution in [2.45, 2.75) is 56.5 Å². The zero-order valence-corrected chi connectivity index (χ0v) is 14.8. The van der Waals surface area contributed by atoms with Crippen LogP contribution in [-0.4, -0.2) is 42.2 Å². The Bertz CT molecular complexity index is 893. The van der Waals surface area contributed by atoms with E-state index < -0.39 is 5.60 Å². The maximum Gasteiger partial charge on any atom is 0.0880 e. The number of hydrogen-bond donors (Lipinski definition) is 1. The van der Waals surface area contributed by atoms with Gasteiger partial charge >= 0.3 is 0 Å². The van der Waals surface area contributed by atoms with Gasteiger partial charge in [-0.15, -0.1) is 0 Å². The summed E-state index contributed by atoms with van der Waals surface area (Å²) in [4.78, 5) is 11.1. The van der Waals surface area contributed by atoms with E-state index in [1.807, 2.05) is 30.7 Å². The fourth-order valence-electron chi connectivity index (χ4n) is 4.98. The van der Waals surface area contributed by atoms with Crippen LogP contribution < -0.4 is 0 Å². The van der Waals surface area contributed by atoms with E-state index in [4.69, 9.17) is 0 Å². The largest absolute Gasteiger partial charge is 0.388 e. The molecule has 0 spiro atoms. The second-order valence-electron chi connectivity index (χ2n) is 7.90. The molecular formula is C21H24N4O. The second-order valence-corrected chi connectivity index (χ2v) is 7.90. The summed E-state index contributed by atoms with van der Waals surface area (Å²) in [7, 11) is 0. The van der Waals surface area contributed by atoms with E-state index in [9.17, 15) is 5.11 Å². The molecule has 0 aliphatic carbocycles. The smallest absolute Gasteiger partial charge is 0.0880 e. The highest BCUT2D eigenvalue weighted by atomic mass is 16.3. The van der Waals surface area contributed by atoms with Crippen LogP contribution in [0.5, 0.6) is 0 Å². The van der Waals surface area contributed by atoms with Crippen LogP contribution in [0.4, 0.5) is 0 Å². The molecule has 2 aliphatic rings. The van der Waals surface area contributed by atoms with E-state index in [1.165, 1.54) is 18.4 Å². The molecule has 0 saturated carbocycles. The Balaban J connectivity index is 1.35. The molecule has 0 aromatic carbocycles. The minimum Gasteiger partial charge on any atom is -0.388 e. The number of aromatic nitrogens is 3. The highest BCUT2D eigenvalue weighted by Gasteiger charge is 2.47. The lowest BCUT2D eigenvalue weighted by Gasteiger charge is -2.44. The number of piperidine rings is 1. The average Bonchev–Trinajstić information content (AvgIpc) is 3.15. The van der Waals surface area contributed by atoms with Crippen molar-refractivity contribution in [1.29, 1.82) is 0 Å². The molecule has 3 atom stereocenters. The van der Waals surface area contributed by atoms with Crippen LogP contribution >= 0.6 is 0 Å². The van der Waals surface area contributed by atoms with Crippen LogP contribution in [0.1, 0.15) is 31.2 Å². The predicted molar refractivity (Wildman–Crippen MR) is 101 cm³/mol. The molecule has 26 heavy (non-hydrogen) atoms. The van der Waals surface area contributed by atoms with Gasteiger partial charge in [0.25, 0.3) is 0 Å². The lowest BCUT2D eigenvalue weighted by Crippen LogP contribution is -2.52. The lowest BCUT2D eigenvalue weighted by molar-refractivity contribution is -0.0644. The molecule has 5 heteroatoms. The number of pyridine rings is 2. The Kier molecular flexibility index (Phi) is 3.80. The van der Waals surface area contributed by atoms with Crippen LogP contribution in [0.3, 0.4) is 0 Å². The molecule has 2 fully saturated rings. The van der Waals surface area contributed by atoms with E-state index in [2.05, 4.69) is 43.8 Å². The normalized spacial score (nSPS) is 28.7. The molecule has 5 nitrogen and oxygen atoms in total. The molecule has 5 heterocycles. The van der Waals surface area contributed by atoms with Crippen molar-refractivity contribution < 1.29 is 5.11 Å². The van der Waals surface area contributed by atoms with Crippen LogP contribution in [0.25, 0.3) is 11.0 Å². The standard InChI is InChI=1S/C21H24N4O/c26-21(15-24-11-7-19-20(24)2-1-8-23-19)12-17-3-4-18(13-21)25(17)14-16-5-9-22-10-6-16/h1-2,5-11,17-18,26H,3-4,12-15H2/t17-,18+,21?. The minimum atomic E-state index is -0.637. The third-order valence-corrected chi connectivity index (χ3v) is 6.12. The van der Waals surface area contributed by atoms with Gasteiger partial charge in [0.15, 0.2) is 0 Å². The lowest BCUT2D eigenvalue weighted by atomic mass is 9.85. The molecule has 2 bridgehead atoms. The van der Waals surface area contributed by atoms with Crippen molar-refractivity contribution >= 4 is 11.0 Å². The minimum absolute atomic E-state index is 0.465. The van der Waals surface area contributed by atoms with Crippen LogP contribution in [-0.2, 0) is 13.1 Å². The Morgan fingerprint density at radius 3 is 2.58 bits per heavy atom. The maximum absolute atomic E-state index is 11.4. The summed E-state index contributed by atoms with van der Waals surface area (Å²) < 4.78 is 2.17. The van der Waals surface area contributed by atoms with Gasteiger partial charge in [0, 0.05) is 43.4 Å². The zero-order valence-electron chi connectivity index (χ0n) is 14.8. The molecule has 0 radical (unpaired) electrons. The number of fused-ring (bicyclic) bond motifs is 3. The molecular weight excluding hydrogens is 324 g/mol. The Hall–Kier alpha value is -2.24. The van der Waals surface area contributed by atoms with Crippen LogP contribution in [0, 0.1) is 0 Å². The first-order valence-electron chi connectivity index (χ1n) is 9.47. The van der Waals surface area contributed by atoms with Gasteiger partial charge in [0.1, 0.15) is 0 Å². The quantitative estimate of drug-likeness (QED) is 0.787. The van der Waals surface area contributed by atoms with Crippen LogP contribution in [0.15, 0.2) is 55.1 Å². The van der Waals surface area contributed by atoms with Crippen molar-refractivity contribution in [3.63, 3.8) is 0 Å². The average molecular weight is 348 g/mol. The fourth-order valence-corrected chi connectivity index (χ4v) is 4.98. The second kappa shape index (κ2) is 6.18. The van der Waals surface area contributed by atoms with Crippen molar-refractivity contribution in [2.24, 2.45) is 0 Å². The topological polar surface area (TPSA) is 54.2 Å². The third kappa shape index (κ3) is 2.81. The monoisotopic (exact) mass is 348 g/mol. The van der Waals surface area contributed by atoms with Gasteiger partial charge in [0.05, 0.1) is 23.2 Å². The van der Waals surface area contributed by atoms with Gasteiger partial charge in [-0.1, -0.05) is 0 Å². The summed E-state index contributed by atoms with van der Waals surface area (Å²) in [6.45, 7) is 1.61. The molecule has 3 aromatic heterocycles. The van der Waals surface area contributed by atoms with Gasteiger partial charge in [0.2, 0.25) is 0 Å². The molecule has 5 rings (SSSR count). The summed E-state index contributed by atoms with van der Waals surface area (Å²) >= 11 is 0. The molecule has 1 unspecified atom stereocenters. The van der Waals surface area contributed by atoms with Crippen molar-refractivity contribution in [1.82, 2.24) is 19.4 Å². The first kappa shape index (κ1) is 16.0. The third-order valence-electron chi connectivity index (χ3n) is 6.12. The van der Waals surface area contributed by atoms with Gasteiger partial charge in [-0.3, -0.25) is 14.9 Å². The summed E-state index contributed by atoms with van der Waals surface area (Å²) in [6, 6.07) is 11.2. The Morgan fingerprint density at radius 2 is 1.81 bits per heavy atom. The van der Waals surface area contributed by atoms with Gasteiger partial charge in [-0.25, -0.2) is 0 Å². The van der Waals surface area contributed by atoms with E-state index in [0.29, 0.717) is 18.6 Å². The molecule has 134 valence electrons. The summed E-state index contributed by atoms with van der Waals surface area (Å²) in [5, 5.41) is 11.4. The summed E-state index contributed by atoms with van der Waals surface area (Å²) in [5.41, 5.74) is 2.77. The van der Waals surface area contributed by atoms with E-state index in [0.717, 1.165) is 30.4 Å². The highest BCUT2D eigenvalue weighted by Crippen LogP contribution is 2.42. The Labute approximate surface area is 153 Å². The molecule has 2 saturated heterocycles. The van der Waals surface area contributed by atoms with Crippen molar-refractivity contribution in [2.75, 3.05) is 0 Å². The summed E-state index contributed by atoms with van der Waals surface area (Å²) in [6.07, 6.45) is 11.7. The molecule has 0 amide bonds. The van der Waals surface area contributed by atoms with E-state index >= 15 is 0 Å². The maximum atomic E-state index is 11.4. The Morgan fingerprint density at radius 1 is 1.04 bits per heavy atom. The number of hydrogen-bond acceptors (Lipinski definition) is 4. The molecule has 1 N–H and O–H groups in total. The van der Waals surface area contributed by atoms with Gasteiger partial charge in [-0.05, 0) is 61.6 Å². The predicted octanol–water partition coefficient (Wildman–Crippen LogP) is 2.99. The van der Waals surface area contributed by atoms with Crippen LogP contribution in [0.2, 0.25) is 0 Å². The van der Waals surface area contributed by atoms with Crippen molar-refractivity contribution in [3.05, 3.63) is 60.7 Å². The molecule has 2 aliphatic heterocycles. The molecule has 3 aromatic rings. The van der Waals surface area contributed by atoms with E-state index in [-0.39, 0.29) is 0 Å². The fraction of sp³-hybridized carbons (Fsp3) is 0.429. The summed E-state index contributed by atoms with van der Waals surface area (Å²) in [5.74, 6) is 0. The van der Waals surface area contributed by atoms with E-state index in [1.54, 1.807) is 0 Å². The SMILES string of the molecule is OC1(Cn2ccc3ncccc32)C[C@H]2CC[C@@H](C1)N2Cc1ccncc1. The zero-order chi connectivity index (χ0) is 17.6. The number of aliphatic hydroxyl groups is 1. The first-order valence-corrected chi connectivity index (χ1v) is 9.47. The van der Waals surface area contributed by atoms with Crippen molar-refractivity contribution in [3.8, 4) is 0 Å². The van der Waals surface area contributed by atoms with Gasteiger partial charge < -0.3 is 9.67 Å². The first-order chi connectivity index (χ1) is 12.7. The number of nitrogens with zero attached hydrogens (tertiary/aromatic N) is 4.